The van der Waals surface area contributed by atoms with E-state index in [-0.39, 0.29) is 11.7 Å². The minimum absolute atomic E-state index is 0.0759. The van der Waals surface area contributed by atoms with Crippen LogP contribution in [0.3, 0.4) is 0 Å². The van der Waals surface area contributed by atoms with Gasteiger partial charge in [0.15, 0.2) is 0 Å². The molecule has 2 heterocycles. The van der Waals surface area contributed by atoms with Crippen LogP contribution < -0.4 is 10.4 Å². The van der Waals surface area contributed by atoms with E-state index in [1.807, 2.05) is 56.3 Å². The molecule has 0 atom stereocenters. The molecule has 0 radical (unpaired) electrons. The first-order valence-corrected chi connectivity index (χ1v) is 8.29. The van der Waals surface area contributed by atoms with Gasteiger partial charge in [-0.25, -0.2) is 4.79 Å². The zero-order chi connectivity index (χ0) is 18.3. The van der Waals surface area contributed by atoms with E-state index < -0.39 is 0 Å². The lowest BCUT2D eigenvalue weighted by atomic mass is 10.2. The molecule has 0 saturated carbocycles. The molecule has 0 aliphatic rings. The molecule has 0 bridgehead atoms. The van der Waals surface area contributed by atoms with Crippen LogP contribution >= 0.6 is 0 Å². The van der Waals surface area contributed by atoms with Gasteiger partial charge < -0.3 is 14.2 Å². The third-order valence-corrected chi connectivity index (χ3v) is 4.23. The monoisotopic (exact) mass is 350 g/mol. The van der Waals surface area contributed by atoms with Crippen LogP contribution in [0.25, 0.3) is 33.9 Å². The Balaban J connectivity index is 1.74. The number of ether oxygens (including phenoxy) is 1. The van der Waals surface area contributed by atoms with E-state index in [1.54, 1.807) is 11.7 Å². The molecule has 0 spiro atoms. The van der Waals surface area contributed by atoms with Gasteiger partial charge >= 0.3 is 5.69 Å². The number of nitrogens with zero attached hydrogens (tertiary/aromatic N) is 3. The Hall–Kier alpha value is -3.35. The second kappa shape index (κ2) is 6.18. The summed E-state index contributed by atoms with van der Waals surface area (Å²) in [5, 5.41) is 4.06. The lowest BCUT2D eigenvalue weighted by molar-refractivity contribution is 0.413. The van der Waals surface area contributed by atoms with Gasteiger partial charge in [-0.3, -0.25) is 4.57 Å². The van der Waals surface area contributed by atoms with Crippen molar-refractivity contribution in [3.8, 4) is 28.6 Å². The third-order valence-electron chi connectivity index (χ3n) is 4.23. The fourth-order valence-corrected chi connectivity index (χ4v) is 3.00. The predicted molar refractivity (Wildman–Crippen MR) is 98.2 cm³/mol. The summed E-state index contributed by atoms with van der Waals surface area (Å²) in [5.74, 6) is 1.59. The Kier molecular flexibility index (Phi) is 3.84. The molecular weight excluding hydrogens is 332 g/mol. The van der Waals surface area contributed by atoms with E-state index in [4.69, 9.17) is 9.26 Å². The Morgan fingerprint density at radius 3 is 2.77 bits per heavy atom. The predicted octanol–water partition coefficient (Wildman–Crippen LogP) is 3.64. The van der Waals surface area contributed by atoms with Crippen molar-refractivity contribution >= 4 is 11.0 Å². The molecule has 7 nitrogen and oxygen atoms in total. The van der Waals surface area contributed by atoms with E-state index in [0.29, 0.717) is 11.7 Å². The summed E-state index contributed by atoms with van der Waals surface area (Å²) in [7, 11) is 1.61. The van der Waals surface area contributed by atoms with E-state index in [2.05, 4.69) is 15.1 Å². The fraction of sp³-hybridized carbons (Fsp3) is 0.211. The number of imidazole rings is 1. The molecule has 0 aliphatic heterocycles. The number of nitrogens with one attached hydrogen (secondary N) is 1. The molecule has 0 saturated heterocycles. The van der Waals surface area contributed by atoms with Crippen LogP contribution in [0.15, 0.2) is 51.8 Å². The summed E-state index contributed by atoms with van der Waals surface area (Å²) in [6.45, 7) is 3.95. The van der Waals surface area contributed by atoms with Crippen molar-refractivity contribution in [2.24, 2.45) is 0 Å². The number of rotatable bonds is 4. The number of fused-ring (bicyclic) bond motifs is 1. The van der Waals surface area contributed by atoms with Crippen LogP contribution in [-0.2, 0) is 0 Å². The number of methoxy groups -OCH3 is 1. The highest BCUT2D eigenvalue weighted by Crippen LogP contribution is 2.26. The maximum atomic E-state index is 12.1. The van der Waals surface area contributed by atoms with Crippen LogP contribution in [0.5, 0.6) is 5.75 Å². The zero-order valence-corrected chi connectivity index (χ0v) is 14.7. The van der Waals surface area contributed by atoms with Crippen molar-refractivity contribution in [3.63, 3.8) is 0 Å². The number of hydrogen-bond acceptors (Lipinski definition) is 5. The van der Waals surface area contributed by atoms with E-state index in [0.717, 1.165) is 27.9 Å². The summed E-state index contributed by atoms with van der Waals surface area (Å²) < 4.78 is 12.3. The lowest BCUT2D eigenvalue weighted by Gasteiger charge is -2.06. The van der Waals surface area contributed by atoms with Gasteiger partial charge in [0, 0.05) is 17.2 Å². The quantitative estimate of drug-likeness (QED) is 0.607. The Bertz CT molecular complexity index is 1140. The molecule has 2 aromatic heterocycles. The number of aromatic nitrogens is 4. The molecule has 4 rings (SSSR count). The average Bonchev–Trinajstić information content (AvgIpc) is 3.24. The van der Waals surface area contributed by atoms with Crippen molar-refractivity contribution in [2.75, 3.05) is 7.11 Å². The van der Waals surface area contributed by atoms with Crippen molar-refractivity contribution < 1.29 is 9.26 Å². The maximum absolute atomic E-state index is 12.1. The molecule has 132 valence electrons. The van der Waals surface area contributed by atoms with Gasteiger partial charge in [0.2, 0.25) is 5.82 Å². The summed E-state index contributed by atoms with van der Waals surface area (Å²) in [5.41, 5.74) is 3.02. The molecule has 0 fully saturated rings. The van der Waals surface area contributed by atoms with Gasteiger partial charge in [0.25, 0.3) is 5.89 Å². The van der Waals surface area contributed by atoms with Gasteiger partial charge in [0.1, 0.15) is 5.75 Å². The summed E-state index contributed by atoms with van der Waals surface area (Å²) in [4.78, 5) is 19.5. The van der Waals surface area contributed by atoms with Crippen molar-refractivity contribution in [1.82, 2.24) is 19.7 Å². The van der Waals surface area contributed by atoms with Crippen LogP contribution in [0.1, 0.15) is 19.9 Å². The molecule has 0 amide bonds. The lowest BCUT2D eigenvalue weighted by Crippen LogP contribution is -2.18. The van der Waals surface area contributed by atoms with Crippen LogP contribution in [0.4, 0.5) is 0 Å². The van der Waals surface area contributed by atoms with E-state index >= 15 is 0 Å². The minimum Gasteiger partial charge on any atom is -0.497 e. The second-order valence-corrected chi connectivity index (χ2v) is 6.28. The van der Waals surface area contributed by atoms with Crippen LogP contribution in [0, 0.1) is 0 Å². The second-order valence-electron chi connectivity index (χ2n) is 6.28. The van der Waals surface area contributed by atoms with Gasteiger partial charge in [-0.15, -0.1) is 0 Å². The highest BCUT2D eigenvalue weighted by atomic mass is 16.5. The largest absolute Gasteiger partial charge is 0.497 e. The Labute approximate surface area is 149 Å². The number of aromatic amines is 1. The maximum Gasteiger partial charge on any atom is 0.326 e. The average molecular weight is 350 g/mol. The minimum atomic E-state index is -0.127. The molecule has 4 aromatic rings. The van der Waals surface area contributed by atoms with Crippen LogP contribution in [0.2, 0.25) is 0 Å². The molecule has 26 heavy (non-hydrogen) atoms. The zero-order valence-electron chi connectivity index (χ0n) is 14.7. The third kappa shape index (κ3) is 2.67. The first-order valence-electron chi connectivity index (χ1n) is 8.29. The van der Waals surface area contributed by atoms with E-state index in [1.165, 1.54) is 0 Å². The molecule has 1 N–H and O–H groups in total. The standard InChI is InChI=1S/C19H18N4O3/c1-11(2)23-16-8-7-12(10-15(16)20-19(23)24)17-21-18(26-22-17)13-5-4-6-14(9-13)25-3/h4-11H,1-3H3,(H,20,24). The molecule has 7 heteroatoms. The summed E-state index contributed by atoms with van der Waals surface area (Å²) >= 11 is 0. The summed E-state index contributed by atoms with van der Waals surface area (Å²) in [6, 6.07) is 13.1. The highest BCUT2D eigenvalue weighted by molar-refractivity contribution is 5.81. The van der Waals surface area contributed by atoms with Crippen LogP contribution in [-0.4, -0.2) is 26.8 Å². The first-order chi connectivity index (χ1) is 12.6. The molecule has 0 unspecified atom stereocenters. The molecule has 2 aromatic carbocycles. The van der Waals surface area contributed by atoms with Crippen molar-refractivity contribution in [1.29, 1.82) is 0 Å². The van der Waals surface area contributed by atoms with Gasteiger partial charge in [-0.2, -0.15) is 4.98 Å². The van der Waals surface area contributed by atoms with Gasteiger partial charge in [-0.1, -0.05) is 11.2 Å². The van der Waals surface area contributed by atoms with E-state index in [9.17, 15) is 4.79 Å². The topological polar surface area (TPSA) is 85.9 Å². The van der Waals surface area contributed by atoms with Gasteiger partial charge in [-0.05, 0) is 50.2 Å². The summed E-state index contributed by atoms with van der Waals surface area (Å²) in [6.07, 6.45) is 0. The fourth-order valence-electron chi connectivity index (χ4n) is 3.00. The molecule has 0 aliphatic carbocycles. The van der Waals surface area contributed by atoms with Crippen molar-refractivity contribution in [2.45, 2.75) is 19.9 Å². The van der Waals surface area contributed by atoms with Gasteiger partial charge in [0.05, 0.1) is 18.1 Å². The molecular formula is C19H18N4O3. The number of benzene rings is 2. The first kappa shape index (κ1) is 16.1. The Morgan fingerprint density at radius 1 is 1.15 bits per heavy atom. The SMILES string of the molecule is COc1cccc(-c2nc(-c3ccc4c(c3)[nH]c(=O)n4C(C)C)no2)c1. The normalized spacial score (nSPS) is 11.4. The Morgan fingerprint density at radius 2 is 2.00 bits per heavy atom. The van der Waals surface area contributed by atoms with Crippen molar-refractivity contribution in [3.05, 3.63) is 52.9 Å². The highest BCUT2D eigenvalue weighted by Gasteiger charge is 2.14. The smallest absolute Gasteiger partial charge is 0.326 e. The number of H-pyrrole nitrogens is 1. The number of hydrogen-bond donors (Lipinski definition) is 1.